The van der Waals surface area contributed by atoms with Gasteiger partial charge in [0.1, 0.15) is 0 Å². The molecule has 0 amide bonds. The molecule has 5 heteroatoms. The standard InChI is InChI=1S/C15H20BrNO2S/c1-5-9(3)14(20)17-13-10(4)12(16)8-7-11(13)15(18)19-6-2/h7-9H,5-6H2,1-4H3,(H,17,20). The lowest BCUT2D eigenvalue weighted by molar-refractivity contribution is 0.0527. The van der Waals surface area contributed by atoms with E-state index in [4.69, 9.17) is 4.74 Å². The molecule has 3 nitrogen and oxygen atoms in total. The highest BCUT2D eigenvalue weighted by molar-refractivity contribution is 9.10. The molecule has 0 aliphatic carbocycles. The minimum Gasteiger partial charge on any atom is -0.462 e. The van der Waals surface area contributed by atoms with Gasteiger partial charge in [-0.3, -0.25) is 0 Å². The fraction of sp³-hybridized carbons (Fsp3) is 0.467. The molecule has 0 fully saturated rings. The van der Waals surface area contributed by atoms with Gasteiger partial charge in [0.2, 0.25) is 0 Å². The molecule has 0 saturated carbocycles. The van der Waals surface area contributed by atoms with Gasteiger partial charge in [0.05, 0.1) is 22.9 Å². The average molecular weight is 358 g/mol. The molecular weight excluding hydrogens is 338 g/mol. The van der Waals surface area contributed by atoms with Crippen molar-refractivity contribution in [2.24, 2.45) is 10.9 Å². The molecule has 1 aromatic carbocycles. The number of aliphatic imine (C=N–C) groups is 1. The van der Waals surface area contributed by atoms with Crippen LogP contribution in [0.15, 0.2) is 21.6 Å². The molecule has 0 radical (unpaired) electrons. The van der Waals surface area contributed by atoms with Crippen molar-refractivity contribution in [2.75, 3.05) is 6.61 Å². The molecule has 0 saturated heterocycles. The van der Waals surface area contributed by atoms with Gasteiger partial charge >= 0.3 is 5.97 Å². The van der Waals surface area contributed by atoms with Gasteiger partial charge in [-0.1, -0.05) is 29.8 Å². The highest BCUT2D eigenvalue weighted by Crippen LogP contribution is 2.32. The van der Waals surface area contributed by atoms with E-state index >= 15 is 0 Å². The first-order valence-electron chi connectivity index (χ1n) is 6.66. The Morgan fingerprint density at radius 2 is 2.10 bits per heavy atom. The summed E-state index contributed by atoms with van der Waals surface area (Å²) in [6, 6.07) is 3.56. The predicted octanol–water partition coefficient (Wildman–Crippen LogP) is 4.94. The van der Waals surface area contributed by atoms with Crippen LogP contribution in [0.2, 0.25) is 0 Å². The van der Waals surface area contributed by atoms with Crippen molar-refractivity contribution in [3.05, 3.63) is 27.7 Å². The molecule has 0 aliphatic rings. The summed E-state index contributed by atoms with van der Waals surface area (Å²) in [5.74, 6) is -0.0982. The molecule has 1 unspecified atom stereocenters. The summed E-state index contributed by atoms with van der Waals surface area (Å²) in [4.78, 5) is 16.6. The van der Waals surface area contributed by atoms with Gasteiger partial charge in [-0.15, -0.1) is 12.6 Å². The number of esters is 1. The van der Waals surface area contributed by atoms with Crippen LogP contribution in [0, 0.1) is 12.8 Å². The number of carbonyl (C=O) groups excluding carboxylic acids is 1. The lowest BCUT2D eigenvalue weighted by atomic mass is 10.1. The maximum atomic E-state index is 12.0. The second kappa shape index (κ2) is 7.84. The SMILES string of the molecule is CCOC(=O)c1ccc(Br)c(C)c1/N=C(/S)C(C)CC. The highest BCUT2D eigenvalue weighted by atomic mass is 79.9. The first kappa shape index (κ1) is 17.2. The maximum Gasteiger partial charge on any atom is 0.340 e. The summed E-state index contributed by atoms with van der Waals surface area (Å²) in [5, 5.41) is 0.722. The van der Waals surface area contributed by atoms with Gasteiger partial charge in [0, 0.05) is 10.4 Å². The molecule has 0 bridgehead atoms. The van der Waals surface area contributed by atoms with Crippen LogP contribution in [0.25, 0.3) is 0 Å². The summed E-state index contributed by atoms with van der Waals surface area (Å²) in [6.45, 7) is 8.19. The quantitative estimate of drug-likeness (QED) is 0.350. The fourth-order valence-corrected chi connectivity index (χ4v) is 2.20. The summed E-state index contributed by atoms with van der Waals surface area (Å²) in [6.07, 6.45) is 0.949. The Hall–Kier alpha value is -0.810. The minimum absolute atomic E-state index is 0.256. The van der Waals surface area contributed by atoms with Crippen LogP contribution in [0.4, 0.5) is 5.69 Å². The molecule has 0 heterocycles. The van der Waals surface area contributed by atoms with E-state index in [0.717, 1.165) is 21.5 Å². The van der Waals surface area contributed by atoms with Crippen molar-refractivity contribution in [1.82, 2.24) is 0 Å². The number of thiol groups is 1. The van der Waals surface area contributed by atoms with E-state index in [1.165, 1.54) is 0 Å². The smallest absolute Gasteiger partial charge is 0.340 e. The minimum atomic E-state index is -0.355. The Morgan fingerprint density at radius 1 is 1.45 bits per heavy atom. The van der Waals surface area contributed by atoms with E-state index in [2.05, 4.69) is 47.4 Å². The van der Waals surface area contributed by atoms with Crippen molar-refractivity contribution >= 4 is 45.3 Å². The van der Waals surface area contributed by atoms with Gasteiger partial charge in [-0.05, 0) is 38.0 Å². The molecular formula is C15H20BrNO2S. The zero-order valence-corrected chi connectivity index (χ0v) is 14.7. The van der Waals surface area contributed by atoms with Crippen molar-refractivity contribution in [1.29, 1.82) is 0 Å². The van der Waals surface area contributed by atoms with Crippen LogP contribution < -0.4 is 0 Å². The number of nitrogens with zero attached hydrogens (tertiary/aromatic N) is 1. The molecule has 110 valence electrons. The third-order valence-corrected chi connectivity index (χ3v) is 4.54. The second-order valence-corrected chi connectivity index (χ2v) is 5.88. The lowest BCUT2D eigenvalue weighted by Gasteiger charge is -2.12. The number of halogens is 1. The largest absolute Gasteiger partial charge is 0.462 e. The molecule has 1 rings (SSSR count). The molecule has 1 atom stereocenters. The van der Waals surface area contributed by atoms with Crippen molar-refractivity contribution in [3.8, 4) is 0 Å². The predicted molar refractivity (Wildman–Crippen MR) is 90.4 cm³/mol. The van der Waals surface area contributed by atoms with Crippen LogP contribution in [0.3, 0.4) is 0 Å². The first-order chi connectivity index (χ1) is 9.42. The Balaban J connectivity index is 3.35. The van der Waals surface area contributed by atoms with Crippen molar-refractivity contribution < 1.29 is 9.53 Å². The Bertz CT molecular complexity index is 529. The highest BCUT2D eigenvalue weighted by Gasteiger charge is 2.17. The van der Waals surface area contributed by atoms with Crippen LogP contribution in [0.5, 0.6) is 0 Å². The van der Waals surface area contributed by atoms with E-state index in [1.807, 2.05) is 13.0 Å². The van der Waals surface area contributed by atoms with Gasteiger partial charge in [-0.25, -0.2) is 9.79 Å². The number of ether oxygens (including phenoxy) is 1. The van der Waals surface area contributed by atoms with Crippen LogP contribution in [0.1, 0.15) is 43.1 Å². The molecule has 0 N–H and O–H groups in total. The topological polar surface area (TPSA) is 38.7 Å². The van der Waals surface area contributed by atoms with Gasteiger partial charge in [0.25, 0.3) is 0 Å². The van der Waals surface area contributed by atoms with Crippen LogP contribution >= 0.6 is 28.6 Å². The third-order valence-electron chi connectivity index (χ3n) is 3.14. The Labute approximate surface area is 134 Å². The van der Waals surface area contributed by atoms with E-state index in [1.54, 1.807) is 13.0 Å². The summed E-state index contributed by atoms with van der Waals surface area (Å²) >= 11 is 7.91. The van der Waals surface area contributed by atoms with Crippen molar-refractivity contribution in [2.45, 2.75) is 34.1 Å². The molecule has 0 spiro atoms. The molecule has 20 heavy (non-hydrogen) atoms. The summed E-state index contributed by atoms with van der Waals surface area (Å²) < 4.78 is 6.00. The first-order valence-corrected chi connectivity index (χ1v) is 7.90. The Morgan fingerprint density at radius 3 is 2.65 bits per heavy atom. The van der Waals surface area contributed by atoms with Crippen molar-refractivity contribution in [3.63, 3.8) is 0 Å². The number of hydrogen-bond acceptors (Lipinski definition) is 3. The third kappa shape index (κ3) is 4.09. The van der Waals surface area contributed by atoms with E-state index < -0.39 is 0 Å². The fourth-order valence-electron chi connectivity index (χ4n) is 1.60. The molecule has 0 aliphatic heterocycles. The van der Waals surface area contributed by atoms with Gasteiger partial charge < -0.3 is 4.74 Å². The summed E-state index contributed by atoms with van der Waals surface area (Å²) in [7, 11) is 0. The second-order valence-electron chi connectivity index (χ2n) is 4.57. The zero-order chi connectivity index (χ0) is 15.3. The number of hydrogen-bond donors (Lipinski definition) is 1. The number of carbonyl (C=O) groups is 1. The lowest BCUT2D eigenvalue weighted by Crippen LogP contribution is -2.07. The van der Waals surface area contributed by atoms with Crippen LogP contribution in [-0.4, -0.2) is 17.6 Å². The Kier molecular flexibility index (Phi) is 6.76. The van der Waals surface area contributed by atoms with Gasteiger partial charge in [0.15, 0.2) is 0 Å². The van der Waals surface area contributed by atoms with E-state index in [9.17, 15) is 4.79 Å². The van der Waals surface area contributed by atoms with Gasteiger partial charge in [-0.2, -0.15) is 0 Å². The maximum absolute atomic E-state index is 12.0. The average Bonchev–Trinajstić information content (AvgIpc) is 2.43. The summed E-state index contributed by atoms with van der Waals surface area (Å²) in [5.41, 5.74) is 2.01. The zero-order valence-electron chi connectivity index (χ0n) is 12.2. The molecule has 1 aromatic rings. The molecule has 0 aromatic heterocycles. The number of rotatable bonds is 5. The normalized spacial score (nSPS) is 13.2. The van der Waals surface area contributed by atoms with Crippen LogP contribution in [-0.2, 0) is 4.74 Å². The number of benzene rings is 1. The van der Waals surface area contributed by atoms with E-state index in [-0.39, 0.29) is 11.9 Å². The van der Waals surface area contributed by atoms with E-state index in [0.29, 0.717) is 17.9 Å². The monoisotopic (exact) mass is 357 g/mol.